The van der Waals surface area contributed by atoms with Gasteiger partial charge in [-0.25, -0.2) is 0 Å². The van der Waals surface area contributed by atoms with E-state index in [-0.39, 0.29) is 11.9 Å². The highest BCUT2D eigenvalue weighted by molar-refractivity contribution is 7.99. The van der Waals surface area contributed by atoms with Gasteiger partial charge < -0.3 is 9.64 Å². The van der Waals surface area contributed by atoms with Crippen LogP contribution >= 0.6 is 23.3 Å². The standard InChI is InChI=1S/C14H22N4O2S2/c1-11-13(22-16-15-11)14(19)18-3-2-8-21-10-12(18)9-17-4-6-20-7-5-17/h12H,2-10H2,1H3. The molecule has 6 nitrogen and oxygen atoms in total. The topological polar surface area (TPSA) is 58.6 Å². The second-order valence-electron chi connectivity index (χ2n) is 5.68. The van der Waals surface area contributed by atoms with Crippen LogP contribution < -0.4 is 0 Å². The molecule has 0 spiro atoms. The zero-order valence-corrected chi connectivity index (χ0v) is 14.5. The average Bonchev–Trinajstić information content (AvgIpc) is 2.83. The van der Waals surface area contributed by atoms with Crippen molar-refractivity contribution in [3.05, 3.63) is 10.6 Å². The van der Waals surface area contributed by atoms with E-state index in [0.717, 1.165) is 63.0 Å². The highest BCUT2D eigenvalue weighted by Gasteiger charge is 2.30. The molecule has 2 aliphatic rings. The third kappa shape index (κ3) is 3.79. The Morgan fingerprint density at radius 3 is 2.91 bits per heavy atom. The van der Waals surface area contributed by atoms with Crippen LogP contribution in [0.4, 0.5) is 0 Å². The third-order valence-electron chi connectivity index (χ3n) is 4.12. The summed E-state index contributed by atoms with van der Waals surface area (Å²) in [7, 11) is 0. The molecule has 1 aromatic heterocycles. The van der Waals surface area contributed by atoms with Gasteiger partial charge in [0.05, 0.1) is 24.9 Å². The van der Waals surface area contributed by atoms with Crippen molar-refractivity contribution in [2.75, 3.05) is 50.9 Å². The maximum atomic E-state index is 12.9. The van der Waals surface area contributed by atoms with Gasteiger partial charge in [-0.3, -0.25) is 9.69 Å². The molecule has 2 aliphatic heterocycles. The van der Waals surface area contributed by atoms with Gasteiger partial charge in [0.2, 0.25) is 0 Å². The first-order valence-corrected chi connectivity index (χ1v) is 9.66. The summed E-state index contributed by atoms with van der Waals surface area (Å²) >= 11 is 3.17. The quantitative estimate of drug-likeness (QED) is 0.821. The maximum absolute atomic E-state index is 12.9. The third-order valence-corrected chi connectivity index (χ3v) is 6.13. The first-order chi connectivity index (χ1) is 10.8. The van der Waals surface area contributed by atoms with Crippen LogP contribution in [0.2, 0.25) is 0 Å². The van der Waals surface area contributed by atoms with Crippen molar-refractivity contribution in [2.45, 2.75) is 19.4 Å². The molecule has 1 atom stereocenters. The molecule has 3 heterocycles. The Labute approximate surface area is 139 Å². The van der Waals surface area contributed by atoms with Crippen LogP contribution in [0.5, 0.6) is 0 Å². The summed E-state index contributed by atoms with van der Waals surface area (Å²) in [5.74, 6) is 2.24. The molecule has 0 radical (unpaired) electrons. The van der Waals surface area contributed by atoms with Crippen molar-refractivity contribution in [2.24, 2.45) is 0 Å². The van der Waals surface area contributed by atoms with Crippen molar-refractivity contribution >= 4 is 29.2 Å². The number of nitrogens with zero attached hydrogens (tertiary/aromatic N) is 4. The molecule has 22 heavy (non-hydrogen) atoms. The number of amides is 1. The molecule has 8 heteroatoms. The zero-order valence-electron chi connectivity index (χ0n) is 12.9. The molecule has 0 aliphatic carbocycles. The summed E-state index contributed by atoms with van der Waals surface area (Å²) in [4.78, 5) is 18.1. The molecule has 122 valence electrons. The van der Waals surface area contributed by atoms with E-state index in [1.54, 1.807) is 0 Å². The number of aromatic nitrogens is 2. The van der Waals surface area contributed by atoms with Gasteiger partial charge in [0, 0.05) is 31.9 Å². The van der Waals surface area contributed by atoms with E-state index in [9.17, 15) is 4.79 Å². The molecule has 1 unspecified atom stereocenters. The van der Waals surface area contributed by atoms with Crippen LogP contribution in [0.1, 0.15) is 21.8 Å². The lowest BCUT2D eigenvalue weighted by Crippen LogP contribution is -2.50. The number of aryl methyl sites for hydroxylation is 1. The fourth-order valence-electron chi connectivity index (χ4n) is 2.89. The molecule has 0 bridgehead atoms. The largest absolute Gasteiger partial charge is 0.379 e. The average molecular weight is 342 g/mol. The number of carbonyl (C=O) groups excluding carboxylic acids is 1. The summed E-state index contributed by atoms with van der Waals surface area (Å²) < 4.78 is 9.33. The Hall–Kier alpha value is -0.700. The smallest absolute Gasteiger partial charge is 0.267 e. The highest BCUT2D eigenvalue weighted by Crippen LogP contribution is 2.22. The minimum atomic E-state index is 0.105. The van der Waals surface area contributed by atoms with Crippen LogP contribution in [-0.2, 0) is 4.74 Å². The second kappa shape index (κ2) is 7.72. The predicted molar refractivity (Wildman–Crippen MR) is 88.7 cm³/mol. The van der Waals surface area contributed by atoms with E-state index in [2.05, 4.69) is 19.4 Å². The van der Waals surface area contributed by atoms with Gasteiger partial charge in [-0.15, -0.1) is 5.10 Å². The van der Waals surface area contributed by atoms with Crippen molar-refractivity contribution < 1.29 is 9.53 Å². The van der Waals surface area contributed by atoms with Crippen molar-refractivity contribution in [1.29, 1.82) is 0 Å². The molecule has 0 saturated carbocycles. The van der Waals surface area contributed by atoms with Gasteiger partial charge in [-0.2, -0.15) is 11.8 Å². The maximum Gasteiger partial charge on any atom is 0.267 e. The Kier molecular flexibility index (Phi) is 5.67. The molecule has 3 rings (SSSR count). The second-order valence-corrected chi connectivity index (χ2v) is 7.59. The fraction of sp³-hybridized carbons (Fsp3) is 0.786. The lowest BCUT2D eigenvalue weighted by atomic mass is 10.2. The van der Waals surface area contributed by atoms with Crippen LogP contribution in [-0.4, -0.2) is 82.2 Å². The number of hydrogen-bond donors (Lipinski definition) is 0. The van der Waals surface area contributed by atoms with Gasteiger partial charge >= 0.3 is 0 Å². The fourth-order valence-corrected chi connectivity index (χ4v) is 4.56. The number of carbonyl (C=O) groups is 1. The van der Waals surface area contributed by atoms with E-state index in [0.29, 0.717) is 4.88 Å². The first-order valence-electron chi connectivity index (χ1n) is 7.73. The number of thioether (sulfide) groups is 1. The Balaban J connectivity index is 1.72. The van der Waals surface area contributed by atoms with E-state index < -0.39 is 0 Å². The van der Waals surface area contributed by atoms with Gasteiger partial charge in [0.25, 0.3) is 5.91 Å². The molecule has 1 aromatic rings. The Morgan fingerprint density at radius 1 is 1.36 bits per heavy atom. The van der Waals surface area contributed by atoms with Crippen LogP contribution in [0.3, 0.4) is 0 Å². The molecular formula is C14H22N4O2S2. The van der Waals surface area contributed by atoms with Crippen molar-refractivity contribution in [3.63, 3.8) is 0 Å². The van der Waals surface area contributed by atoms with E-state index in [1.165, 1.54) is 11.5 Å². The summed E-state index contributed by atoms with van der Waals surface area (Å²) in [6.45, 7) is 7.15. The minimum Gasteiger partial charge on any atom is -0.379 e. The predicted octanol–water partition coefficient (Wildman–Crippen LogP) is 1.13. The lowest BCUT2D eigenvalue weighted by molar-refractivity contribution is 0.0245. The van der Waals surface area contributed by atoms with Gasteiger partial charge in [-0.1, -0.05) is 4.49 Å². The molecule has 2 saturated heterocycles. The van der Waals surface area contributed by atoms with Gasteiger partial charge in [0.1, 0.15) is 4.88 Å². The summed E-state index contributed by atoms with van der Waals surface area (Å²) in [5.41, 5.74) is 0.747. The summed E-state index contributed by atoms with van der Waals surface area (Å²) in [6, 6.07) is 0.264. The Bertz CT molecular complexity index is 505. The molecule has 0 aromatic carbocycles. The number of hydrogen-bond acceptors (Lipinski definition) is 7. The molecule has 0 N–H and O–H groups in total. The normalized spacial score (nSPS) is 24.2. The van der Waals surface area contributed by atoms with E-state index in [1.807, 2.05) is 18.7 Å². The van der Waals surface area contributed by atoms with E-state index in [4.69, 9.17) is 4.74 Å². The Morgan fingerprint density at radius 2 is 2.18 bits per heavy atom. The molecule has 1 amide bonds. The monoisotopic (exact) mass is 342 g/mol. The number of morpholine rings is 1. The molecular weight excluding hydrogens is 320 g/mol. The van der Waals surface area contributed by atoms with Crippen LogP contribution in [0.15, 0.2) is 0 Å². The number of rotatable bonds is 3. The van der Waals surface area contributed by atoms with Crippen molar-refractivity contribution in [1.82, 2.24) is 19.4 Å². The van der Waals surface area contributed by atoms with Gasteiger partial charge in [-0.05, 0) is 30.6 Å². The van der Waals surface area contributed by atoms with Crippen LogP contribution in [0.25, 0.3) is 0 Å². The van der Waals surface area contributed by atoms with Gasteiger partial charge in [0.15, 0.2) is 0 Å². The molecule has 2 fully saturated rings. The minimum absolute atomic E-state index is 0.105. The SMILES string of the molecule is Cc1nnsc1C(=O)N1CCCSCC1CN1CCOCC1. The lowest BCUT2D eigenvalue weighted by Gasteiger charge is -2.35. The highest BCUT2D eigenvalue weighted by atomic mass is 32.2. The number of ether oxygens (including phenoxy) is 1. The van der Waals surface area contributed by atoms with E-state index >= 15 is 0 Å². The van der Waals surface area contributed by atoms with Crippen molar-refractivity contribution in [3.8, 4) is 0 Å². The van der Waals surface area contributed by atoms with Crippen LogP contribution in [0, 0.1) is 6.92 Å². The first kappa shape index (κ1) is 16.2. The zero-order chi connectivity index (χ0) is 15.4. The summed E-state index contributed by atoms with van der Waals surface area (Å²) in [6.07, 6.45) is 1.06. The summed E-state index contributed by atoms with van der Waals surface area (Å²) in [5, 5.41) is 3.99.